The van der Waals surface area contributed by atoms with E-state index in [1.807, 2.05) is 36.4 Å². The van der Waals surface area contributed by atoms with Crippen LogP contribution >= 0.6 is 11.6 Å². The van der Waals surface area contributed by atoms with Crippen LogP contribution in [-0.2, 0) is 0 Å². The number of nitrogens with zero attached hydrogens (tertiary/aromatic N) is 5. The molecule has 4 aromatic rings. The molecule has 4 rings (SSSR count). The summed E-state index contributed by atoms with van der Waals surface area (Å²) in [4.78, 5) is 21.2. The van der Waals surface area contributed by atoms with Crippen LogP contribution in [0.5, 0.6) is 0 Å². The second-order valence-corrected chi connectivity index (χ2v) is 5.99. The number of hydrogen-bond donors (Lipinski definition) is 1. The van der Waals surface area contributed by atoms with Crippen LogP contribution in [0.1, 0.15) is 16.2 Å². The molecule has 2 aromatic carbocycles. The molecule has 2 aromatic heterocycles. The van der Waals surface area contributed by atoms with Crippen LogP contribution in [0.15, 0.2) is 54.7 Å². The lowest BCUT2D eigenvalue weighted by atomic mass is 10.3. The second-order valence-electron chi connectivity index (χ2n) is 5.58. The predicted molar refractivity (Wildman–Crippen MR) is 98.6 cm³/mol. The Kier molecular flexibility index (Phi) is 4.06. The summed E-state index contributed by atoms with van der Waals surface area (Å²) in [6.45, 7) is 1.75. The molecule has 0 aliphatic heterocycles. The summed E-state index contributed by atoms with van der Waals surface area (Å²) in [6, 6.07) is 14.7. The van der Waals surface area contributed by atoms with Crippen LogP contribution in [0.4, 0.5) is 5.82 Å². The van der Waals surface area contributed by atoms with E-state index < -0.39 is 5.91 Å². The number of amides is 1. The van der Waals surface area contributed by atoms with Crippen molar-refractivity contribution >= 4 is 34.4 Å². The minimum atomic E-state index is -0.412. The van der Waals surface area contributed by atoms with Gasteiger partial charge in [0.25, 0.3) is 5.91 Å². The highest BCUT2D eigenvalue weighted by molar-refractivity contribution is 6.32. The molecule has 26 heavy (non-hydrogen) atoms. The van der Waals surface area contributed by atoms with Gasteiger partial charge >= 0.3 is 0 Å². The summed E-state index contributed by atoms with van der Waals surface area (Å²) in [5.74, 6) is -0.0641. The number of carbonyl (C=O) groups excluding carboxylic acids is 1. The van der Waals surface area contributed by atoms with Crippen LogP contribution in [0.25, 0.3) is 16.7 Å². The Morgan fingerprint density at radius 3 is 2.62 bits per heavy atom. The van der Waals surface area contributed by atoms with Crippen molar-refractivity contribution in [1.82, 2.24) is 25.0 Å². The number of halogens is 1. The van der Waals surface area contributed by atoms with Crippen molar-refractivity contribution in [2.24, 2.45) is 0 Å². The molecule has 7 nitrogen and oxygen atoms in total. The van der Waals surface area contributed by atoms with E-state index in [0.717, 1.165) is 5.52 Å². The zero-order chi connectivity index (χ0) is 18.1. The van der Waals surface area contributed by atoms with Gasteiger partial charge in [-0.3, -0.25) is 9.78 Å². The lowest BCUT2D eigenvalue weighted by Crippen LogP contribution is -2.15. The molecule has 0 fully saturated rings. The van der Waals surface area contributed by atoms with Gasteiger partial charge in [0, 0.05) is 0 Å². The molecule has 1 N–H and O–H groups in total. The molecule has 0 saturated heterocycles. The Morgan fingerprint density at radius 1 is 1.08 bits per heavy atom. The summed E-state index contributed by atoms with van der Waals surface area (Å²) in [5.41, 5.74) is 2.88. The van der Waals surface area contributed by atoms with Gasteiger partial charge in [0.1, 0.15) is 0 Å². The van der Waals surface area contributed by atoms with Gasteiger partial charge < -0.3 is 5.32 Å². The zero-order valence-corrected chi connectivity index (χ0v) is 14.5. The Bertz CT molecular complexity index is 1120. The maximum absolute atomic E-state index is 12.6. The number of hydrogen-bond acceptors (Lipinski definition) is 5. The quantitative estimate of drug-likeness (QED) is 0.602. The average Bonchev–Trinajstić information content (AvgIpc) is 3.03. The number of benzene rings is 2. The fraction of sp³-hybridized carbons (Fsp3) is 0.0556. The van der Waals surface area contributed by atoms with Crippen molar-refractivity contribution in [2.45, 2.75) is 6.92 Å². The molecule has 0 atom stereocenters. The number of para-hydroxylation sites is 3. The summed E-state index contributed by atoms with van der Waals surface area (Å²) in [7, 11) is 0. The number of nitrogens with one attached hydrogen (secondary N) is 1. The molecule has 128 valence electrons. The molecule has 0 saturated carbocycles. The summed E-state index contributed by atoms with van der Waals surface area (Å²) >= 11 is 6.20. The van der Waals surface area contributed by atoms with Crippen molar-refractivity contribution in [2.75, 3.05) is 5.32 Å². The monoisotopic (exact) mass is 364 g/mol. The highest BCUT2D eigenvalue weighted by Crippen LogP contribution is 2.21. The van der Waals surface area contributed by atoms with Crippen LogP contribution in [0, 0.1) is 6.92 Å². The molecular formula is C18H13ClN6O. The SMILES string of the molecule is Cc1c(C(=O)Nc2cnc3ccccc3n2)nnn1-c1ccccc1Cl. The lowest BCUT2D eigenvalue weighted by molar-refractivity contribution is 0.102. The third-order valence-electron chi connectivity index (χ3n) is 3.88. The molecule has 0 spiro atoms. The van der Waals surface area contributed by atoms with Gasteiger partial charge in [-0.15, -0.1) is 5.10 Å². The van der Waals surface area contributed by atoms with Crippen molar-refractivity contribution in [3.8, 4) is 5.69 Å². The van der Waals surface area contributed by atoms with Gasteiger partial charge in [0.15, 0.2) is 11.5 Å². The minimum Gasteiger partial charge on any atom is -0.304 e. The Morgan fingerprint density at radius 2 is 1.81 bits per heavy atom. The van der Waals surface area contributed by atoms with E-state index in [2.05, 4.69) is 25.6 Å². The minimum absolute atomic E-state index is 0.194. The Hall–Kier alpha value is -3.32. The first-order chi connectivity index (χ1) is 12.6. The smallest absolute Gasteiger partial charge is 0.279 e. The highest BCUT2D eigenvalue weighted by atomic mass is 35.5. The van der Waals surface area contributed by atoms with E-state index in [1.54, 1.807) is 19.1 Å². The van der Waals surface area contributed by atoms with E-state index >= 15 is 0 Å². The Labute approximate surface area is 153 Å². The Balaban J connectivity index is 1.63. The number of aromatic nitrogens is 5. The molecular weight excluding hydrogens is 352 g/mol. The fourth-order valence-corrected chi connectivity index (χ4v) is 2.80. The van der Waals surface area contributed by atoms with Gasteiger partial charge in [-0.25, -0.2) is 9.67 Å². The van der Waals surface area contributed by atoms with Gasteiger partial charge in [-0.05, 0) is 31.2 Å². The molecule has 2 heterocycles. The largest absolute Gasteiger partial charge is 0.304 e. The molecule has 0 aliphatic rings. The van der Waals surface area contributed by atoms with Crippen LogP contribution in [-0.4, -0.2) is 30.9 Å². The molecule has 1 amide bonds. The van der Waals surface area contributed by atoms with Gasteiger partial charge in [0.05, 0.1) is 33.6 Å². The average molecular weight is 365 g/mol. The number of rotatable bonds is 3. The third-order valence-corrected chi connectivity index (χ3v) is 4.20. The van der Waals surface area contributed by atoms with Gasteiger partial charge in [0.2, 0.25) is 0 Å². The summed E-state index contributed by atoms with van der Waals surface area (Å²) in [5, 5.41) is 11.3. The molecule has 8 heteroatoms. The van der Waals surface area contributed by atoms with Crippen LogP contribution < -0.4 is 5.32 Å². The van der Waals surface area contributed by atoms with Crippen molar-refractivity contribution < 1.29 is 4.79 Å². The number of fused-ring (bicyclic) bond motifs is 1. The first kappa shape index (κ1) is 16.2. The van der Waals surface area contributed by atoms with Crippen molar-refractivity contribution in [3.63, 3.8) is 0 Å². The summed E-state index contributed by atoms with van der Waals surface area (Å²) < 4.78 is 1.53. The number of anilines is 1. The van der Waals surface area contributed by atoms with E-state index in [0.29, 0.717) is 27.7 Å². The predicted octanol–water partition coefficient (Wildman–Crippen LogP) is 3.42. The van der Waals surface area contributed by atoms with Gasteiger partial charge in [-0.1, -0.05) is 41.1 Å². The highest BCUT2D eigenvalue weighted by Gasteiger charge is 2.19. The molecule has 0 aliphatic carbocycles. The normalized spacial score (nSPS) is 10.8. The van der Waals surface area contributed by atoms with E-state index in [1.165, 1.54) is 10.9 Å². The lowest BCUT2D eigenvalue weighted by Gasteiger charge is -2.06. The molecule has 0 unspecified atom stereocenters. The molecule has 0 radical (unpaired) electrons. The first-order valence-electron chi connectivity index (χ1n) is 7.84. The van der Waals surface area contributed by atoms with Gasteiger partial charge in [-0.2, -0.15) is 0 Å². The van der Waals surface area contributed by atoms with E-state index in [-0.39, 0.29) is 5.69 Å². The second kappa shape index (κ2) is 6.53. The first-order valence-corrected chi connectivity index (χ1v) is 8.21. The fourth-order valence-electron chi connectivity index (χ4n) is 2.58. The zero-order valence-electron chi connectivity index (χ0n) is 13.7. The summed E-state index contributed by atoms with van der Waals surface area (Å²) in [6.07, 6.45) is 1.51. The maximum Gasteiger partial charge on any atom is 0.279 e. The topological polar surface area (TPSA) is 85.6 Å². The van der Waals surface area contributed by atoms with E-state index in [4.69, 9.17) is 11.6 Å². The maximum atomic E-state index is 12.6. The van der Waals surface area contributed by atoms with Crippen LogP contribution in [0.3, 0.4) is 0 Å². The van der Waals surface area contributed by atoms with E-state index in [9.17, 15) is 4.79 Å². The molecule has 0 bridgehead atoms. The van der Waals surface area contributed by atoms with Crippen molar-refractivity contribution in [1.29, 1.82) is 0 Å². The van der Waals surface area contributed by atoms with Crippen molar-refractivity contribution in [3.05, 3.63) is 71.1 Å². The standard InChI is InChI=1S/C18H13ClN6O/c1-11-17(23-24-25(11)15-9-5-2-6-12(15)19)18(26)22-16-10-20-13-7-3-4-8-14(13)21-16/h2-10H,1H3,(H,21,22,26). The number of carbonyl (C=O) groups is 1. The van der Waals surface area contributed by atoms with Crippen LogP contribution in [0.2, 0.25) is 5.02 Å². The third kappa shape index (κ3) is 2.89.